The van der Waals surface area contributed by atoms with Gasteiger partial charge in [-0.1, -0.05) is 19.9 Å². The highest BCUT2D eigenvalue weighted by Gasteiger charge is 2.50. The smallest absolute Gasteiger partial charge is 0.257 e. The summed E-state index contributed by atoms with van der Waals surface area (Å²) in [4.78, 5) is 4.59. The van der Waals surface area contributed by atoms with Crippen molar-refractivity contribution in [2.75, 3.05) is 13.1 Å². The predicted molar refractivity (Wildman–Crippen MR) is 95.1 cm³/mol. The third-order valence-electron chi connectivity index (χ3n) is 5.67. The minimum atomic E-state index is -2.73. The van der Waals surface area contributed by atoms with Crippen LogP contribution in [-0.4, -0.2) is 24.0 Å². The van der Waals surface area contributed by atoms with Crippen LogP contribution >= 0.6 is 0 Å². The molecule has 0 amide bonds. The van der Waals surface area contributed by atoms with Crippen molar-refractivity contribution in [3.63, 3.8) is 0 Å². The highest BCUT2D eigenvalue weighted by atomic mass is 19.3. The summed E-state index contributed by atoms with van der Waals surface area (Å²) in [6, 6.07) is 4.07. The maximum atomic E-state index is 14.4. The van der Waals surface area contributed by atoms with E-state index in [1.807, 2.05) is 18.3 Å². The number of alkyl halides is 2. The van der Waals surface area contributed by atoms with Crippen molar-refractivity contribution < 1.29 is 8.78 Å². The Bertz CT molecular complexity index is 631. The Morgan fingerprint density at radius 2 is 1.96 bits per heavy atom. The molecule has 1 saturated heterocycles. The van der Waals surface area contributed by atoms with Crippen LogP contribution in [-0.2, 0) is 6.42 Å². The van der Waals surface area contributed by atoms with Crippen LogP contribution in [0.1, 0.15) is 56.7 Å². The summed E-state index contributed by atoms with van der Waals surface area (Å²) in [6.07, 6.45) is 4.49. The molecule has 1 fully saturated rings. The summed E-state index contributed by atoms with van der Waals surface area (Å²) in [5, 5.41) is 3.35. The molecule has 1 aromatic rings. The average molecular weight is 350 g/mol. The lowest BCUT2D eigenvalue weighted by Gasteiger charge is -2.40. The van der Waals surface area contributed by atoms with Crippen LogP contribution < -0.4 is 16.6 Å². The van der Waals surface area contributed by atoms with E-state index in [4.69, 9.17) is 5.84 Å². The molecule has 2 aliphatic rings. The lowest BCUT2D eigenvalue weighted by Crippen LogP contribution is -2.44. The average Bonchev–Trinajstić information content (AvgIpc) is 2.59. The summed E-state index contributed by atoms with van der Waals surface area (Å²) in [6.45, 7) is 5.24. The molecule has 3 rings (SSSR count). The fourth-order valence-electron chi connectivity index (χ4n) is 3.78. The number of nitrogens with one attached hydrogen (secondary N) is 2. The largest absolute Gasteiger partial charge is 0.328 e. The van der Waals surface area contributed by atoms with Gasteiger partial charge in [0, 0.05) is 35.3 Å². The van der Waals surface area contributed by atoms with Crippen molar-refractivity contribution in [2.24, 2.45) is 11.3 Å². The Kier molecular flexibility index (Phi) is 5.11. The zero-order valence-electron chi connectivity index (χ0n) is 15.0. The number of halogens is 2. The summed E-state index contributed by atoms with van der Waals surface area (Å²) in [5.41, 5.74) is 5.04. The van der Waals surface area contributed by atoms with Crippen LogP contribution in [0.3, 0.4) is 0 Å². The van der Waals surface area contributed by atoms with E-state index in [0.717, 1.165) is 42.9 Å². The fraction of sp³-hybridized carbons (Fsp3) is 0.632. The SMILES string of the molecule is CC1(C)CC(NN)=C(Cc2ccc(C3CCNCC3)nc2)CC1(F)F. The van der Waals surface area contributed by atoms with E-state index in [0.29, 0.717) is 17.9 Å². The number of piperidine rings is 1. The van der Waals surface area contributed by atoms with Gasteiger partial charge < -0.3 is 10.7 Å². The zero-order valence-corrected chi connectivity index (χ0v) is 15.0. The third kappa shape index (κ3) is 3.85. The van der Waals surface area contributed by atoms with Crippen LogP contribution in [0.2, 0.25) is 0 Å². The molecule has 4 nitrogen and oxygen atoms in total. The standard InChI is InChI=1S/C19H28F2N4/c1-18(2)11-17(25-22)15(10-19(18,20)21)9-13-3-4-16(24-12-13)14-5-7-23-8-6-14/h3-4,12,14,23,25H,5-11,22H2,1-2H3. The molecule has 1 aliphatic heterocycles. The van der Waals surface area contributed by atoms with Crippen molar-refractivity contribution >= 4 is 0 Å². The van der Waals surface area contributed by atoms with Gasteiger partial charge in [0.2, 0.25) is 0 Å². The van der Waals surface area contributed by atoms with Gasteiger partial charge in [-0.2, -0.15) is 0 Å². The first-order valence-corrected chi connectivity index (χ1v) is 9.03. The van der Waals surface area contributed by atoms with Gasteiger partial charge in [-0.25, -0.2) is 8.78 Å². The molecule has 0 saturated carbocycles. The van der Waals surface area contributed by atoms with E-state index >= 15 is 0 Å². The van der Waals surface area contributed by atoms with Gasteiger partial charge in [-0.05, 0) is 56.0 Å². The molecule has 0 unspecified atom stereocenters. The number of pyridine rings is 1. The van der Waals surface area contributed by atoms with E-state index < -0.39 is 11.3 Å². The molecule has 1 aromatic heterocycles. The predicted octanol–water partition coefficient (Wildman–Crippen LogP) is 3.26. The maximum Gasteiger partial charge on any atom is 0.257 e. The first kappa shape index (κ1) is 18.3. The van der Waals surface area contributed by atoms with E-state index in [9.17, 15) is 8.78 Å². The van der Waals surface area contributed by atoms with Gasteiger partial charge in [-0.3, -0.25) is 10.8 Å². The lowest BCUT2D eigenvalue weighted by molar-refractivity contribution is -0.111. The molecule has 138 valence electrons. The van der Waals surface area contributed by atoms with Gasteiger partial charge in [-0.15, -0.1) is 0 Å². The molecule has 0 spiro atoms. The Morgan fingerprint density at radius 1 is 1.24 bits per heavy atom. The van der Waals surface area contributed by atoms with Crippen molar-refractivity contribution in [3.05, 3.63) is 40.9 Å². The Balaban J connectivity index is 1.75. The van der Waals surface area contributed by atoms with E-state index in [-0.39, 0.29) is 12.8 Å². The van der Waals surface area contributed by atoms with Crippen molar-refractivity contribution in [1.82, 2.24) is 15.7 Å². The molecule has 0 atom stereocenters. The second kappa shape index (κ2) is 7.00. The fourth-order valence-corrected chi connectivity index (χ4v) is 3.78. The molecular weight excluding hydrogens is 322 g/mol. The highest BCUT2D eigenvalue weighted by Crippen LogP contribution is 2.49. The first-order valence-electron chi connectivity index (χ1n) is 9.03. The number of hydrazine groups is 1. The minimum absolute atomic E-state index is 0.254. The summed E-state index contributed by atoms with van der Waals surface area (Å²) < 4.78 is 28.9. The van der Waals surface area contributed by atoms with Gasteiger partial charge in [0.1, 0.15) is 0 Å². The molecular formula is C19H28F2N4. The molecule has 0 bridgehead atoms. The van der Waals surface area contributed by atoms with Gasteiger partial charge in [0.05, 0.1) is 0 Å². The monoisotopic (exact) mass is 350 g/mol. The number of hydrogen-bond donors (Lipinski definition) is 3. The van der Waals surface area contributed by atoms with Crippen LogP contribution in [0.5, 0.6) is 0 Å². The van der Waals surface area contributed by atoms with E-state index in [1.54, 1.807) is 13.8 Å². The van der Waals surface area contributed by atoms with Crippen LogP contribution in [0, 0.1) is 5.41 Å². The quantitative estimate of drug-likeness (QED) is 0.576. The van der Waals surface area contributed by atoms with Crippen LogP contribution in [0.25, 0.3) is 0 Å². The minimum Gasteiger partial charge on any atom is -0.328 e. The molecule has 1 aliphatic carbocycles. The normalized spacial score (nSPS) is 23.6. The van der Waals surface area contributed by atoms with E-state index in [1.165, 1.54) is 0 Å². The Morgan fingerprint density at radius 3 is 2.56 bits per heavy atom. The van der Waals surface area contributed by atoms with Crippen molar-refractivity contribution in [2.45, 2.75) is 57.8 Å². The van der Waals surface area contributed by atoms with Crippen molar-refractivity contribution in [1.29, 1.82) is 0 Å². The molecule has 0 aromatic carbocycles. The number of hydrogen-bond acceptors (Lipinski definition) is 4. The highest BCUT2D eigenvalue weighted by molar-refractivity contribution is 5.29. The Labute approximate surface area is 148 Å². The third-order valence-corrected chi connectivity index (χ3v) is 5.67. The summed E-state index contributed by atoms with van der Waals surface area (Å²) in [7, 11) is 0. The Hall–Kier alpha value is -1.53. The van der Waals surface area contributed by atoms with Gasteiger partial charge in [0.25, 0.3) is 5.92 Å². The topological polar surface area (TPSA) is 63.0 Å². The van der Waals surface area contributed by atoms with E-state index in [2.05, 4.69) is 15.7 Å². The second-order valence-electron chi connectivity index (χ2n) is 7.96. The number of rotatable bonds is 4. The van der Waals surface area contributed by atoms with Crippen LogP contribution in [0.15, 0.2) is 29.6 Å². The summed E-state index contributed by atoms with van der Waals surface area (Å²) in [5.74, 6) is 3.37. The molecule has 4 N–H and O–H groups in total. The number of aromatic nitrogens is 1. The number of nitrogens with two attached hydrogens (primary N) is 1. The number of nitrogens with zero attached hydrogens (tertiary/aromatic N) is 1. The molecule has 6 heteroatoms. The maximum absolute atomic E-state index is 14.4. The molecule has 2 heterocycles. The van der Waals surface area contributed by atoms with Gasteiger partial charge in [0.15, 0.2) is 0 Å². The second-order valence-corrected chi connectivity index (χ2v) is 7.96. The van der Waals surface area contributed by atoms with Gasteiger partial charge >= 0.3 is 0 Å². The summed E-state index contributed by atoms with van der Waals surface area (Å²) >= 11 is 0. The van der Waals surface area contributed by atoms with Crippen molar-refractivity contribution in [3.8, 4) is 0 Å². The lowest BCUT2D eigenvalue weighted by atomic mass is 9.72. The molecule has 0 radical (unpaired) electrons. The zero-order chi connectivity index (χ0) is 18.1. The molecule has 25 heavy (non-hydrogen) atoms. The van der Waals surface area contributed by atoms with Crippen LogP contribution in [0.4, 0.5) is 8.78 Å². The number of allylic oxidation sites excluding steroid dienone is 2. The first-order chi connectivity index (χ1) is 11.8.